The van der Waals surface area contributed by atoms with Crippen LogP contribution in [0.4, 0.5) is 0 Å². The Kier molecular flexibility index (Phi) is 3.80. The van der Waals surface area contributed by atoms with Crippen LogP contribution >= 0.6 is 0 Å². The monoisotopic (exact) mass is 221 g/mol. The van der Waals surface area contributed by atoms with E-state index >= 15 is 0 Å². The van der Waals surface area contributed by atoms with Crippen molar-refractivity contribution >= 4 is 0 Å². The Morgan fingerprint density at radius 1 is 1.44 bits per heavy atom. The molecule has 3 nitrogen and oxygen atoms in total. The molecule has 1 saturated heterocycles. The molecule has 2 atom stereocenters. The van der Waals surface area contributed by atoms with Gasteiger partial charge in [-0.2, -0.15) is 0 Å². The van der Waals surface area contributed by atoms with E-state index in [2.05, 4.69) is 11.4 Å². The quantitative estimate of drug-likeness (QED) is 0.810. The molecular weight excluding hydrogens is 202 g/mol. The molecule has 0 spiro atoms. The number of methoxy groups -OCH3 is 1. The highest BCUT2D eigenvalue weighted by atomic mass is 16.5. The normalized spacial score (nSPS) is 25.4. The van der Waals surface area contributed by atoms with Crippen molar-refractivity contribution in [3.63, 3.8) is 0 Å². The number of hydrogen-bond acceptors (Lipinski definition) is 3. The van der Waals surface area contributed by atoms with E-state index < -0.39 is 0 Å². The van der Waals surface area contributed by atoms with Crippen molar-refractivity contribution in [3.8, 4) is 5.75 Å². The molecule has 1 aromatic carbocycles. The van der Waals surface area contributed by atoms with Crippen LogP contribution in [-0.2, 0) is 0 Å². The average Bonchev–Trinajstić information content (AvgIpc) is 2.38. The molecule has 1 aliphatic rings. The fourth-order valence-electron chi connectivity index (χ4n) is 2.50. The Labute approximate surface area is 96.4 Å². The average molecular weight is 221 g/mol. The summed E-state index contributed by atoms with van der Waals surface area (Å²) in [6.45, 7) is 2.13. The van der Waals surface area contributed by atoms with Crippen molar-refractivity contribution in [2.75, 3.05) is 26.8 Å². The third-order valence-corrected chi connectivity index (χ3v) is 3.38. The summed E-state index contributed by atoms with van der Waals surface area (Å²) in [5.74, 6) is 1.64. The Balaban J connectivity index is 2.26. The van der Waals surface area contributed by atoms with Gasteiger partial charge < -0.3 is 15.2 Å². The van der Waals surface area contributed by atoms with Gasteiger partial charge in [0.25, 0.3) is 0 Å². The maximum Gasteiger partial charge on any atom is 0.122 e. The van der Waals surface area contributed by atoms with Crippen molar-refractivity contribution < 1.29 is 9.84 Å². The lowest BCUT2D eigenvalue weighted by Gasteiger charge is -2.32. The molecule has 1 heterocycles. The van der Waals surface area contributed by atoms with Gasteiger partial charge in [-0.15, -0.1) is 0 Å². The molecule has 0 bridgehead atoms. The van der Waals surface area contributed by atoms with Gasteiger partial charge in [0.1, 0.15) is 5.75 Å². The van der Waals surface area contributed by atoms with E-state index in [9.17, 15) is 5.11 Å². The lowest BCUT2D eigenvalue weighted by molar-refractivity contribution is 0.178. The van der Waals surface area contributed by atoms with Crippen LogP contribution in [0.25, 0.3) is 0 Å². The minimum absolute atomic E-state index is 0.232. The third kappa shape index (κ3) is 2.20. The zero-order valence-electron chi connectivity index (χ0n) is 9.65. The van der Waals surface area contributed by atoms with Crippen LogP contribution in [0.5, 0.6) is 5.75 Å². The number of hydrogen-bond donors (Lipinski definition) is 2. The van der Waals surface area contributed by atoms with Gasteiger partial charge in [-0.1, -0.05) is 18.2 Å². The largest absolute Gasteiger partial charge is 0.496 e. The lowest BCUT2D eigenvalue weighted by atomic mass is 9.81. The number of benzene rings is 1. The summed E-state index contributed by atoms with van der Waals surface area (Å²) in [5.41, 5.74) is 1.23. The molecule has 88 valence electrons. The predicted molar refractivity (Wildman–Crippen MR) is 63.8 cm³/mol. The smallest absolute Gasteiger partial charge is 0.122 e. The molecule has 2 rings (SSSR count). The van der Waals surface area contributed by atoms with Crippen LogP contribution in [-0.4, -0.2) is 31.9 Å². The molecule has 1 aliphatic heterocycles. The number of rotatable bonds is 3. The first-order chi connectivity index (χ1) is 7.86. The van der Waals surface area contributed by atoms with Gasteiger partial charge in [0.05, 0.1) is 7.11 Å². The zero-order valence-corrected chi connectivity index (χ0v) is 9.65. The number of para-hydroxylation sites is 1. The van der Waals surface area contributed by atoms with E-state index in [1.807, 2.05) is 18.2 Å². The Hall–Kier alpha value is -1.06. The maximum absolute atomic E-state index is 9.41. The second-order valence-electron chi connectivity index (χ2n) is 4.28. The number of nitrogens with one attached hydrogen (secondary N) is 1. The van der Waals surface area contributed by atoms with E-state index in [1.54, 1.807) is 7.11 Å². The highest BCUT2D eigenvalue weighted by molar-refractivity contribution is 5.37. The number of ether oxygens (including phenoxy) is 1. The molecule has 2 N–H and O–H groups in total. The first kappa shape index (κ1) is 11.4. The molecule has 0 aliphatic carbocycles. The van der Waals surface area contributed by atoms with Crippen molar-refractivity contribution in [1.29, 1.82) is 0 Å². The molecule has 0 unspecified atom stereocenters. The van der Waals surface area contributed by atoms with Crippen LogP contribution in [0, 0.1) is 5.92 Å². The molecular formula is C13H19NO2. The van der Waals surface area contributed by atoms with Crippen LogP contribution in [0.15, 0.2) is 24.3 Å². The van der Waals surface area contributed by atoms with E-state index in [0.717, 1.165) is 25.3 Å². The van der Waals surface area contributed by atoms with Gasteiger partial charge >= 0.3 is 0 Å². The van der Waals surface area contributed by atoms with Gasteiger partial charge in [-0.05, 0) is 30.5 Å². The Morgan fingerprint density at radius 2 is 2.25 bits per heavy atom. The van der Waals surface area contributed by atoms with E-state index in [4.69, 9.17) is 4.74 Å². The first-order valence-electron chi connectivity index (χ1n) is 5.81. The minimum Gasteiger partial charge on any atom is -0.496 e. The molecule has 0 amide bonds. The summed E-state index contributed by atoms with van der Waals surface area (Å²) < 4.78 is 5.39. The summed E-state index contributed by atoms with van der Waals surface area (Å²) in [7, 11) is 1.70. The van der Waals surface area contributed by atoms with Crippen LogP contribution < -0.4 is 10.1 Å². The molecule has 0 radical (unpaired) electrons. The summed E-state index contributed by atoms with van der Waals surface area (Å²) in [6, 6.07) is 8.12. The topological polar surface area (TPSA) is 41.5 Å². The molecule has 16 heavy (non-hydrogen) atoms. The minimum atomic E-state index is 0.232. The fourth-order valence-corrected chi connectivity index (χ4v) is 2.50. The van der Waals surface area contributed by atoms with Crippen LogP contribution in [0.2, 0.25) is 0 Å². The van der Waals surface area contributed by atoms with Gasteiger partial charge in [0.2, 0.25) is 0 Å². The van der Waals surface area contributed by atoms with Gasteiger partial charge in [-0.3, -0.25) is 0 Å². The maximum atomic E-state index is 9.41. The number of aliphatic hydroxyl groups excluding tert-OH is 1. The molecule has 1 aromatic rings. The second-order valence-corrected chi connectivity index (χ2v) is 4.28. The number of aliphatic hydroxyl groups is 1. The van der Waals surface area contributed by atoms with Crippen LogP contribution in [0.3, 0.4) is 0 Å². The summed E-state index contributed by atoms with van der Waals surface area (Å²) >= 11 is 0. The van der Waals surface area contributed by atoms with E-state index in [1.165, 1.54) is 5.56 Å². The summed E-state index contributed by atoms with van der Waals surface area (Å²) in [4.78, 5) is 0. The summed E-state index contributed by atoms with van der Waals surface area (Å²) in [5, 5.41) is 12.7. The molecule has 1 fully saturated rings. The van der Waals surface area contributed by atoms with E-state index in [-0.39, 0.29) is 6.61 Å². The molecule has 0 aromatic heterocycles. The standard InChI is InChI=1S/C13H19NO2/c1-16-13-5-3-2-4-12(13)11-6-7-14-8-10(11)9-15/h2-5,10-11,14-15H,6-9H2,1H3/t10-,11+/m1/s1. The van der Waals surface area contributed by atoms with Crippen molar-refractivity contribution in [3.05, 3.63) is 29.8 Å². The molecule has 3 heteroatoms. The van der Waals surface area contributed by atoms with Gasteiger partial charge in [-0.25, -0.2) is 0 Å². The first-order valence-corrected chi connectivity index (χ1v) is 5.81. The predicted octanol–water partition coefficient (Wildman–Crippen LogP) is 1.38. The SMILES string of the molecule is COc1ccccc1[C@H]1CCNC[C@@H]1CO. The lowest BCUT2D eigenvalue weighted by Crippen LogP contribution is -2.37. The number of piperidine rings is 1. The van der Waals surface area contributed by atoms with Crippen LogP contribution in [0.1, 0.15) is 17.9 Å². The highest BCUT2D eigenvalue weighted by Crippen LogP contribution is 2.35. The van der Waals surface area contributed by atoms with Gasteiger partial charge in [0.15, 0.2) is 0 Å². The Bertz CT molecular complexity index is 340. The zero-order chi connectivity index (χ0) is 11.4. The van der Waals surface area contributed by atoms with Crippen molar-refractivity contribution in [2.45, 2.75) is 12.3 Å². The van der Waals surface area contributed by atoms with Crippen molar-refractivity contribution in [2.24, 2.45) is 5.92 Å². The van der Waals surface area contributed by atoms with Crippen molar-refractivity contribution in [1.82, 2.24) is 5.32 Å². The van der Waals surface area contributed by atoms with Gasteiger partial charge in [0, 0.05) is 19.1 Å². The summed E-state index contributed by atoms with van der Waals surface area (Å²) in [6.07, 6.45) is 1.06. The molecule has 0 saturated carbocycles. The second kappa shape index (κ2) is 5.32. The third-order valence-electron chi connectivity index (χ3n) is 3.38. The highest BCUT2D eigenvalue weighted by Gasteiger charge is 2.27. The van der Waals surface area contributed by atoms with E-state index in [0.29, 0.717) is 11.8 Å². The fraction of sp³-hybridized carbons (Fsp3) is 0.538. The Morgan fingerprint density at radius 3 is 3.00 bits per heavy atom.